The first-order chi connectivity index (χ1) is 12.1. The highest BCUT2D eigenvalue weighted by molar-refractivity contribution is 9.11. The highest BCUT2D eigenvalue weighted by Gasteiger charge is 2.51. The Morgan fingerprint density at radius 1 is 1.31 bits per heavy atom. The monoisotopic (exact) mass is 438 g/mol. The van der Waals surface area contributed by atoms with Crippen molar-refractivity contribution >= 4 is 24.2 Å². The minimum absolute atomic E-state index is 0.0202. The Morgan fingerprint density at radius 2 is 2.04 bits per heavy atom. The quantitative estimate of drug-likeness (QED) is 0.315. The first-order valence-electron chi connectivity index (χ1n) is 10.7. The molecule has 3 aliphatic rings. The average Bonchev–Trinajstić information content (AvgIpc) is 3.04. The van der Waals surface area contributed by atoms with Crippen LogP contribution >= 0.6 is 15.9 Å². The van der Waals surface area contributed by atoms with Gasteiger partial charge in [0.1, 0.15) is 0 Å². The summed E-state index contributed by atoms with van der Waals surface area (Å²) in [5.74, 6) is 3.21. The molecule has 3 aliphatic carbocycles. The van der Waals surface area contributed by atoms with E-state index in [1.165, 1.54) is 44.9 Å². The van der Waals surface area contributed by atoms with Crippen LogP contribution in [0.2, 0.25) is 19.6 Å². The van der Waals surface area contributed by atoms with Gasteiger partial charge in [-0.25, -0.2) is 0 Å². The Bertz CT molecular complexity index is 577. The molecule has 0 N–H and O–H groups in total. The predicted octanol–water partition coefficient (Wildman–Crippen LogP) is 7.69. The van der Waals surface area contributed by atoms with E-state index in [-0.39, 0.29) is 5.60 Å². The molecule has 0 aromatic carbocycles. The van der Waals surface area contributed by atoms with E-state index in [2.05, 4.69) is 73.5 Å². The fraction of sp³-hybridized carbons (Fsp3) is 0.826. The van der Waals surface area contributed by atoms with Crippen molar-refractivity contribution in [3.8, 4) is 0 Å². The van der Waals surface area contributed by atoms with Crippen LogP contribution in [0.3, 0.4) is 0 Å². The number of hydrogen-bond donors (Lipinski definition) is 0. The molecule has 0 aliphatic heterocycles. The number of hydrogen-bond acceptors (Lipinski definition) is 1. The summed E-state index contributed by atoms with van der Waals surface area (Å²) in [5, 5.41) is 0. The largest absolute Gasteiger partial charge is 0.409 e. The van der Waals surface area contributed by atoms with E-state index >= 15 is 0 Å². The molecular weight excluding hydrogens is 400 g/mol. The summed E-state index contributed by atoms with van der Waals surface area (Å²) in [7, 11) is -1.50. The predicted molar refractivity (Wildman–Crippen MR) is 119 cm³/mol. The van der Waals surface area contributed by atoms with Gasteiger partial charge in [0.05, 0.1) is 5.60 Å². The Morgan fingerprint density at radius 3 is 2.69 bits per heavy atom. The van der Waals surface area contributed by atoms with Crippen LogP contribution in [-0.4, -0.2) is 13.9 Å². The van der Waals surface area contributed by atoms with E-state index < -0.39 is 8.32 Å². The van der Waals surface area contributed by atoms with Crippen LogP contribution in [0.5, 0.6) is 0 Å². The van der Waals surface area contributed by atoms with Crippen molar-refractivity contribution in [3.63, 3.8) is 0 Å². The summed E-state index contributed by atoms with van der Waals surface area (Å²) in [6.07, 6.45) is 14.3. The van der Waals surface area contributed by atoms with Gasteiger partial charge in [0, 0.05) is 0 Å². The van der Waals surface area contributed by atoms with Crippen molar-refractivity contribution in [1.29, 1.82) is 0 Å². The van der Waals surface area contributed by atoms with Crippen LogP contribution in [0.4, 0.5) is 0 Å². The van der Waals surface area contributed by atoms with Gasteiger partial charge in [0.2, 0.25) is 0 Å². The highest BCUT2D eigenvalue weighted by Crippen LogP contribution is 2.60. The van der Waals surface area contributed by atoms with Crippen molar-refractivity contribution in [3.05, 3.63) is 22.7 Å². The molecule has 6 atom stereocenters. The first-order valence-corrected chi connectivity index (χ1v) is 15.1. The minimum atomic E-state index is -1.50. The Balaban J connectivity index is 1.63. The molecule has 3 heteroatoms. The fourth-order valence-electron chi connectivity index (χ4n) is 6.72. The maximum atomic E-state index is 6.50. The van der Waals surface area contributed by atoms with Gasteiger partial charge in [-0.05, 0) is 106 Å². The second-order valence-electron chi connectivity index (χ2n) is 10.8. The Labute approximate surface area is 171 Å². The molecule has 0 heterocycles. The molecule has 0 radical (unpaired) electrons. The maximum Gasteiger partial charge on any atom is 0.184 e. The molecule has 2 fully saturated rings. The molecular formula is C23H39BrOSi. The lowest BCUT2D eigenvalue weighted by atomic mass is 9.61. The van der Waals surface area contributed by atoms with Gasteiger partial charge in [-0.2, -0.15) is 0 Å². The van der Waals surface area contributed by atoms with Gasteiger partial charge >= 0.3 is 0 Å². The van der Waals surface area contributed by atoms with Gasteiger partial charge in [-0.3, -0.25) is 0 Å². The normalized spacial score (nSPS) is 43.0. The SMILES string of the molecule is C[C@H](C[C@H]1C=C[C@](C)(O[Si](C)(C)C)C1)[C@H]1CCC2C(=CBr)CCC[C@@]21C. The molecule has 3 rings (SSSR count). The van der Waals surface area contributed by atoms with E-state index in [1.54, 1.807) is 5.57 Å². The standard InChI is InChI=1S/C23H39BrOSi/c1-17(14-18-11-13-22(2,15-18)25-26(4,5)6)20-9-10-21-19(16-24)8-7-12-23(20,21)3/h11,13,16-18,20-21H,7-10,12,14-15H2,1-6H3/t17-,18-,20-,21?,22+,23-/m1/s1. The van der Waals surface area contributed by atoms with Gasteiger partial charge in [-0.1, -0.05) is 47.5 Å². The molecule has 2 saturated carbocycles. The summed E-state index contributed by atoms with van der Waals surface area (Å²) < 4.78 is 6.50. The fourth-order valence-corrected chi connectivity index (χ4v) is 8.82. The summed E-state index contributed by atoms with van der Waals surface area (Å²) in [5.41, 5.74) is 2.19. The molecule has 0 bridgehead atoms. The number of halogens is 1. The summed E-state index contributed by atoms with van der Waals surface area (Å²) in [4.78, 5) is 2.25. The molecule has 0 amide bonds. The zero-order valence-electron chi connectivity index (χ0n) is 17.8. The van der Waals surface area contributed by atoms with Crippen molar-refractivity contribution in [2.75, 3.05) is 0 Å². The topological polar surface area (TPSA) is 9.23 Å². The van der Waals surface area contributed by atoms with Gasteiger partial charge in [0.15, 0.2) is 8.32 Å². The van der Waals surface area contributed by atoms with E-state index in [0.29, 0.717) is 11.3 Å². The lowest BCUT2D eigenvalue weighted by molar-refractivity contribution is 0.0811. The molecule has 26 heavy (non-hydrogen) atoms. The smallest absolute Gasteiger partial charge is 0.184 e. The molecule has 0 spiro atoms. The minimum Gasteiger partial charge on any atom is -0.409 e. The van der Waals surface area contributed by atoms with Crippen LogP contribution < -0.4 is 0 Å². The van der Waals surface area contributed by atoms with Crippen LogP contribution in [-0.2, 0) is 4.43 Å². The number of fused-ring (bicyclic) bond motifs is 1. The third-order valence-corrected chi connectivity index (χ3v) is 9.13. The molecule has 1 unspecified atom stereocenters. The van der Waals surface area contributed by atoms with Gasteiger partial charge in [0.25, 0.3) is 0 Å². The molecule has 0 aromatic rings. The zero-order valence-corrected chi connectivity index (χ0v) is 20.4. The Hall–Kier alpha value is 0.137. The van der Waals surface area contributed by atoms with Gasteiger partial charge in [-0.15, -0.1) is 0 Å². The van der Waals surface area contributed by atoms with Crippen LogP contribution in [0, 0.1) is 29.1 Å². The average molecular weight is 440 g/mol. The van der Waals surface area contributed by atoms with Crippen molar-refractivity contribution in [2.45, 2.75) is 91.0 Å². The zero-order chi connectivity index (χ0) is 19.2. The van der Waals surface area contributed by atoms with Crippen molar-refractivity contribution in [1.82, 2.24) is 0 Å². The van der Waals surface area contributed by atoms with E-state index in [1.807, 2.05) is 0 Å². The second-order valence-corrected chi connectivity index (χ2v) is 15.7. The van der Waals surface area contributed by atoms with E-state index in [4.69, 9.17) is 4.43 Å². The third-order valence-electron chi connectivity index (χ3n) is 7.47. The first kappa shape index (κ1) is 20.9. The van der Waals surface area contributed by atoms with Crippen molar-refractivity contribution in [2.24, 2.45) is 29.1 Å². The summed E-state index contributed by atoms with van der Waals surface area (Å²) >= 11 is 3.65. The highest BCUT2D eigenvalue weighted by atomic mass is 79.9. The lowest BCUT2D eigenvalue weighted by Crippen LogP contribution is -2.39. The second kappa shape index (κ2) is 7.52. The number of allylic oxidation sites excluding steroid dienone is 2. The van der Waals surface area contributed by atoms with Crippen LogP contribution in [0.1, 0.15) is 65.7 Å². The summed E-state index contributed by atoms with van der Waals surface area (Å²) in [6.45, 7) is 14.4. The molecule has 148 valence electrons. The van der Waals surface area contributed by atoms with Gasteiger partial charge < -0.3 is 4.43 Å². The molecule has 0 saturated heterocycles. The van der Waals surface area contributed by atoms with Crippen molar-refractivity contribution < 1.29 is 4.43 Å². The molecule has 0 aromatic heterocycles. The Kier molecular flexibility index (Phi) is 6.03. The van der Waals surface area contributed by atoms with E-state index in [9.17, 15) is 0 Å². The molecule has 1 nitrogen and oxygen atoms in total. The van der Waals surface area contributed by atoms with Crippen LogP contribution in [0.25, 0.3) is 0 Å². The maximum absolute atomic E-state index is 6.50. The number of rotatable bonds is 5. The lowest BCUT2D eigenvalue weighted by Gasteiger charge is -2.44. The van der Waals surface area contributed by atoms with E-state index in [0.717, 1.165) is 17.8 Å². The third kappa shape index (κ3) is 4.25. The summed E-state index contributed by atoms with van der Waals surface area (Å²) in [6, 6.07) is 0. The van der Waals surface area contributed by atoms with Crippen LogP contribution in [0.15, 0.2) is 22.7 Å².